The van der Waals surface area contributed by atoms with Crippen LogP contribution in [0.3, 0.4) is 0 Å². The fourth-order valence-electron chi connectivity index (χ4n) is 1.57. The molecule has 1 heterocycles. The Morgan fingerprint density at radius 2 is 2.11 bits per heavy atom. The monoisotopic (exact) mass is 387 g/mol. The van der Waals surface area contributed by atoms with E-state index in [1.165, 1.54) is 12.1 Å². The van der Waals surface area contributed by atoms with E-state index in [1.807, 2.05) is 19.1 Å². The van der Waals surface area contributed by atoms with Crippen LogP contribution in [0.25, 0.3) is 0 Å². The van der Waals surface area contributed by atoms with Gasteiger partial charge < -0.3 is 11.1 Å². The molecular weight excluding hydrogens is 376 g/mol. The molecule has 0 atom stereocenters. The predicted molar refractivity (Wildman–Crippen MR) is 87.3 cm³/mol. The molecule has 1 aromatic heterocycles. The zero-order chi connectivity index (χ0) is 14.0. The molecule has 3 nitrogen and oxygen atoms in total. The van der Waals surface area contributed by atoms with Crippen LogP contribution in [0, 0.1) is 16.3 Å². The fourth-order valence-corrected chi connectivity index (χ4v) is 2.35. The topological polar surface area (TPSA) is 50.9 Å². The minimum Gasteiger partial charge on any atom is -0.389 e. The van der Waals surface area contributed by atoms with Crippen LogP contribution in [0.5, 0.6) is 0 Å². The number of hydrogen-bond donors (Lipinski definition) is 2. The van der Waals surface area contributed by atoms with Crippen LogP contribution in [-0.4, -0.2) is 9.97 Å². The molecule has 0 saturated heterocycles. The lowest BCUT2D eigenvalue weighted by molar-refractivity contribution is 0.627. The second-order valence-corrected chi connectivity index (χ2v) is 5.56. The van der Waals surface area contributed by atoms with E-state index >= 15 is 0 Å². The van der Waals surface area contributed by atoms with Gasteiger partial charge in [0.25, 0.3) is 0 Å². The van der Waals surface area contributed by atoms with Gasteiger partial charge in [-0.25, -0.2) is 9.37 Å². The third kappa shape index (κ3) is 3.38. The Morgan fingerprint density at radius 3 is 2.74 bits per heavy atom. The lowest BCUT2D eigenvalue weighted by Crippen LogP contribution is -2.13. The molecule has 0 aliphatic heterocycles. The van der Waals surface area contributed by atoms with Gasteiger partial charge in [-0.3, -0.25) is 0 Å². The van der Waals surface area contributed by atoms with Crippen molar-refractivity contribution >= 4 is 51.3 Å². The fraction of sp³-hybridized carbons (Fsp3) is 0.0769. The Kier molecular flexibility index (Phi) is 4.31. The van der Waals surface area contributed by atoms with Gasteiger partial charge in [-0.2, -0.15) is 0 Å². The minimum absolute atomic E-state index is 0.270. The summed E-state index contributed by atoms with van der Waals surface area (Å²) >= 11 is 7.05. The van der Waals surface area contributed by atoms with Gasteiger partial charge in [-0.1, -0.05) is 12.2 Å². The number of nitrogens with zero attached hydrogens (tertiary/aromatic N) is 1. The molecule has 1 aromatic carbocycles. The van der Waals surface area contributed by atoms with Crippen LogP contribution < -0.4 is 11.1 Å². The molecule has 19 heavy (non-hydrogen) atoms. The summed E-state index contributed by atoms with van der Waals surface area (Å²) in [5.41, 5.74) is 7.95. The SMILES string of the molecule is Cc1ccc(C(N)=S)c(Nc2ccc(F)cc2I)n1. The van der Waals surface area contributed by atoms with Crippen molar-refractivity contribution in [3.8, 4) is 0 Å². The van der Waals surface area contributed by atoms with E-state index in [0.717, 1.165) is 15.0 Å². The predicted octanol–water partition coefficient (Wildman–Crippen LogP) is 3.51. The van der Waals surface area contributed by atoms with Gasteiger partial charge in [0.15, 0.2) is 0 Å². The van der Waals surface area contributed by atoms with Crippen molar-refractivity contribution in [2.45, 2.75) is 6.92 Å². The number of benzene rings is 1. The maximum absolute atomic E-state index is 13.1. The van der Waals surface area contributed by atoms with Gasteiger partial charge in [0.1, 0.15) is 16.6 Å². The summed E-state index contributed by atoms with van der Waals surface area (Å²) in [6.45, 7) is 1.88. The van der Waals surface area contributed by atoms with Crippen LogP contribution in [-0.2, 0) is 0 Å². The van der Waals surface area contributed by atoms with E-state index in [0.29, 0.717) is 11.4 Å². The Bertz CT molecular complexity index is 646. The smallest absolute Gasteiger partial charge is 0.140 e. The Balaban J connectivity index is 2.42. The van der Waals surface area contributed by atoms with Gasteiger partial charge in [-0.15, -0.1) is 0 Å². The Hall–Kier alpha value is -1.28. The van der Waals surface area contributed by atoms with E-state index in [-0.39, 0.29) is 10.8 Å². The number of hydrogen-bond acceptors (Lipinski definition) is 3. The number of aryl methyl sites for hydroxylation is 1. The first-order valence-corrected chi connectivity index (χ1v) is 6.95. The second kappa shape index (κ2) is 5.79. The maximum atomic E-state index is 13.1. The zero-order valence-electron chi connectivity index (χ0n) is 10.1. The molecule has 98 valence electrons. The number of thiocarbonyl (C=S) groups is 1. The number of nitrogens with two attached hydrogens (primary N) is 1. The van der Waals surface area contributed by atoms with Gasteiger partial charge in [0, 0.05) is 9.26 Å². The second-order valence-electron chi connectivity index (χ2n) is 3.96. The molecule has 2 aromatic rings. The lowest BCUT2D eigenvalue weighted by atomic mass is 10.2. The molecular formula is C13H11FIN3S. The molecule has 0 aliphatic rings. The number of aromatic nitrogens is 1. The van der Waals surface area contributed by atoms with Crippen molar-refractivity contribution < 1.29 is 4.39 Å². The average molecular weight is 387 g/mol. The van der Waals surface area contributed by atoms with Gasteiger partial charge >= 0.3 is 0 Å². The summed E-state index contributed by atoms with van der Waals surface area (Å²) in [4.78, 5) is 4.65. The van der Waals surface area contributed by atoms with E-state index in [9.17, 15) is 4.39 Å². The minimum atomic E-state index is -0.276. The zero-order valence-corrected chi connectivity index (χ0v) is 13.0. The van der Waals surface area contributed by atoms with Crippen LogP contribution >= 0.6 is 34.8 Å². The first kappa shape index (κ1) is 14.1. The summed E-state index contributed by atoms with van der Waals surface area (Å²) < 4.78 is 13.8. The lowest BCUT2D eigenvalue weighted by Gasteiger charge is -2.12. The van der Waals surface area contributed by atoms with Gasteiger partial charge in [0.05, 0.1) is 11.3 Å². The van der Waals surface area contributed by atoms with Gasteiger partial charge in [0.2, 0.25) is 0 Å². The van der Waals surface area contributed by atoms with Crippen LogP contribution in [0.15, 0.2) is 30.3 Å². The molecule has 6 heteroatoms. The quantitative estimate of drug-likeness (QED) is 0.625. The standard InChI is InChI=1S/C13H11FIN3S/c1-7-2-4-9(12(16)19)13(17-7)18-11-5-3-8(14)6-10(11)15/h2-6H,1H3,(H2,16,19)(H,17,18). The summed E-state index contributed by atoms with van der Waals surface area (Å²) in [5, 5.41) is 3.14. The van der Waals surface area contributed by atoms with E-state index in [4.69, 9.17) is 18.0 Å². The molecule has 0 aliphatic carbocycles. The van der Waals surface area contributed by atoms with Crippen LogP contribution in [0.4, 0.5) is 15.9 Å². The van der Waals surface area contributed by atoms with E-state index in [1.54, 1.807) is 6.07 Å². The number of pyridine rings is 1. The highest BCUT2D eigenvalue weighted by Crippen LogP contribution is 2.24. The summed E-state index contributed by atoms with van der Waals surface area (Å²) in [6, 6.07) is 8.16. The van der Waals surface area contributed by atoms with Crippen molar-refractivity contribution in [1.82, 2.24) is 4.98 Å². The molecule has 2 rings (SSSR count). The maximum Gasteiger partial charge on any atom is 0.140 e. The third-order valence-electron chi connectivity index (χ3n) is 2.48. The van der Waals surface area contributed by atoms with Crippen molar-refractivity contribution in [3.63, 3.8) is 0 Å². The average Bonchev–Trinajstić information content (AvgIpc) is 2.32. The highest BCUT2D eigenvalue weighted by Gasteiger charge is 2.09. The molecule has 0 amide bonds. The summed E-state index contributed by atoms with van der Waals surface area (Å²) in [5.74, 6) is 0.304. The Morgan fingerprint density at radius 1 is 1.37 bits per heavy atom. The largest absolute Gasteiger partial charge is 0.389 e. The molecule has 0 radical (unpaired) electrons. The summed E-state index contributed by atoms with van der Waals surface area (Å²) in [6.07, 6.45) is 0. The first-order valence-electron chi connectivity index (χ1n) is 5.47. The molecule has 0 bridgehead atoms. The van der Waals surface area contributed by atoms with E-state index in [2.05, 4.69) is 32.9 Å². The Labute approximate surface area is 129 Å². The number of nitrogens with one attached hydrogen (secondary N) is 1. The normalized spacial score (nSPS) is 10.3. The molecule has 0 spiro atoms. The number of rotatable bonds is 3. The highest BCUT2D eigenvalue weighted by molar-refractivity contribution is 14.1. The molecule has 0 unspecified atom stereocenters. The van der Waals surface area contributed by atoms with Crippen molar-refractivity contribution in [1.29, 1.82) is 0 Å². The van der Waals surface area contributed by atoms with Crippen LogP contribution in [0.1, 0.15) is 11.3 Å². The number of anilines is 2. The van der Waals surface area contributed by atoms with Crippen molar-refractivity contribution in [2.24, 2.45) is 5.73 Å². The molecule has 3 N–H and O–H groups in total. The first-order chi connectivity index (χ1) is 8.97. The van der Waals surface area contributed by atoms with Gasteiger partial charge in [-0.05, 0) is 59.8 Å². The van der Waals surface area contributed by atoms with E-state index < -0.39 is 0 Å². The molecule has 0 fully saturated rings. The third-order valence-corrected chi connectivity index (χ3v) is 3.60. The van der Waals surface area contributed by atoms with Crippen LogP contribution in [0.2, 0.25) is 0 Å². The highest BCUT2D eigenvalue weighted by atomic mass is 127. The van der Waals surface area contributed by atoms with Crippen molar-refractivity contribution in [3.05, 3.63) is 51.0 Å². The van der Waals surface area contributed by atoms with Crippen molar-refractivity contribution in [2.75, 3.05) is 5.32 Å². The summed E-state index contributed by atoms with van der Waals surface area (Å²) in [7, 11) is 0. The number of halogens is 2. The molecule has 0 saturated carbocycles.